The molecule has 0 bridgehead atoms. The van der Waals surface area contributed by atoms with E-state index in [4.69, 9.17) is 16.3 Å². The van der Waals surface area contributed by atoms with Crippen LogP contribution in [0.2, 0.25) is 0 Å². The molecular weight excluding hydrogens is 282 g/mol. The lowest BCUT2D eigenvalue weighted by Gasteiger charge is -2.32. The lowest BCUT2D eigenvalue weighted by Crippen LogP contribution is -2.35. The lowest BCUT2D eigenvalue weighted by molar-refractivity contribution is 0.191. The van der Waals surface area contributed by atoms with Crippen molar-refractivity contribution in [1.29, 1.82) is 0 Å². The molecule has 118 valence electrons. The van der Waals surface area contributed by atoms with E-state index in [0.29, 0.717) is 12.6 Å². The average Bonchev–Trinajstić information content (AvgIpc) is 2.50. The van der Waals surface area contributed by atoms with Crippen molar-refractivity contribution < 1.29 is 4.74 Å². The zero-order chi connectivity index (χ0) is 15.2. The monoisotopic (exact) mass is 309 g/mol. The van der Waals surface area contributed by atoms with Gasteiger partial charge >= 0.3 is 0 Å². The highest BCUT2D eigenvalue weighted by atomic mass is 35.5. The van der Waals surface area contributed by atoms with E-state index in [0.717, 1.165) is 17.9 Å². The number of rotatable bonds is 6. The molecule has 1 atom stereocenters. The Kier molecular flexibility index (Phi) is 6.38. The quantitative estimate of drug-likeness (QED) is 0.690. The van der Waals surface area contributed by atoms with Crippen molar-refractivity contribution in [3.63, 3.8) is 0 Å². The second-order valence-corrected chi connectivity index (χ2v) is 6.70. The second kappa shape index (κ2) is 8.05. The number of benzene rings is 1. The summed E-state index contributed by atoms with van der Waals surface area (Å²) in [4.78, 5) is 2.44. The van der Waals surface area contributed by atoms with Crippen molar-refractivity contribution in [1.82, 2.24) is 4.90 Å². The number of ether oxygens (including phenoxy) is 1. The number of alkyl halides is 1. The summed E-state index contributed by atoms with van der Waals surface area (Å²) in [5.41, 5.74) is 2.36. The van der Waals surface area contributed by atoms with Crippen molar-refractivity contribution in [2.24, 2.45) is 0 Å². The summed E-state index contributed by atoms with van der Waals surface area (Å²) >= 11 is 6.71. The van der Waals surface area contributed by atoms with E-state index in [2.05, 4.69) is 31.0 Å². The van der Waals surface area contributed by atoms with Crippen molar-refractivity contribution >= 4 is 11.6 Å². The molecule has 0 aromatic heterocycles. The molecule has 1 aliphatic rings. The Balaban J connectivity index is 2.04. The molecule has 1 unspecified atom stereocenters. The van der Waals surface area contributed by atoms with Crippen LogP contribution in [-0.2, 0) is 0 Å². The Morgan fingerprint density at radius 1 is 1.29 bits per heavy atom. The maximum atomic E-state index is 6.71. The molecule has 1 aromatic carbocycles. The summed E-state index contributed by atoms with van der Waals surface area (Å²) < 4.78 is 5.74. The molecule has 1 fully saturated rings. The average molecular weight is 310 g/mol. The van der Waals surface area contributed by atoms with Crippen LogP contribution in [0.15, 0.2) is 18.2 Å². The molecule has 2 rings (SSSR count). The SMILES string of the molecule is CCOc1ccc(C)cc1C(Cl)CN(C)C1CCCCC1. The molecule has 0 saturated heterocycles. The first kappa shape index (κ1) is 16.6. The minimum atomic E-state index is -0.0154. The Morgan fingerprint density at radius 3 is 2.67 bits per heavy atom. The van der Waals surface area contributed by atoms with Crippen molar-refractivity contribution in [2.45, 2.75) is 57.4 Å². The van der Waals surface area contributed by atoms with Crippen LogP contribution in [0.4, 0.5) is 0 Å². The van der Waals surface area contributed by atoms with E-state index >= 15 is 0 Å². The molecule has 21 heavy (non-hydrogen) atoms. The summed E-state index contributed by atoms with van der Waals surface area (Å²) in [7, 11) is 2.21. The number of hydrogen-bond acceptors (Lipinski definition) is 2. The molecule has 0 aliphatic heterocycles. The van der Waals surface area contributed by atoms with E-state index in [-0.39, 0.29) is 5.38 Å². The van der Waals surface area contributed by atoms with Crippen LogP contribution in [0, 0.1) is 6.92 Å². The van der Waals surface area contributed by atoms with E-state index in [1.165, 1.54) is 37.7 Å². The smallest absolute Gasteiger partial charge is 0.124 e. The third kappa shape index (κ3) is 4.62. The van der Waals surface area contributed by atoms with E-state index in [9.17, 15) is 0 Å². The maximum absolute atomic E-state index is 6.71. The zero-order valence-electron chi connectivity index (χ0n) is 13.6. The van der Waals surface area contributed by atoms with Gasteiger partial charge in [0.1, 0.15) is 5.75 Å². The van der Waals surface area contributed by atoms with Gasteiger partial charge in [-0.05, 0) is 39.8 Å². The van der Waals surface area contributed by atoms with Crippen molar-refractivity contribution in [2.75, 3.05) is 20.2 Å². The number of nitrogens with zero attached hydrogens (tertiary/aromatic N) is 1. The molecule has 0 N–H and O–H groups in total. The molecular formula is C18H28ClNO. The molecule has 0 heterocycles. The number of hydrogen-bond donors (Lipinski definition) is 0. The van der Waals surface area contributed by atoms with Gasteiger partial charge < -0.3 is 9.64 Å². The molecule has 0 spiro atoms. The summed E-state index contributed by atoms with van der Waals surface area (Å²) in [6.45, 7) is 5.68. The Bertz CT molecular complexity index is 443. The Hall–Kier alpha value is -0.730. The van der Waals surface area contributed by atoms with Gasteiger partial charge in [-0.15, -0.1) is 11.6 Å². The summed E-state index contributed by atoms with van der Waals surface area (Å²) in [5.74, 6) is 0.931. The van der Waals surface area contributed by atoms with Crippen molar-refractivity contribution in [3.8, 4) is 5.75 Å². The van der Waals surface area contributed by atoms with Gasteiger partial charge in [0.15, 0.2) is 0 Å². The van der Waals surface area contributed by atoms with E-state index in [1.54, 1.807) is 0 Å². The number of likely N-dealkylation sites (N-methyl/N-ethyl adjacent to an activating group) is 1. The number of aryl methyl sites for hydroxylation is 1. The maximum Gasteiger partial charge on any atom is 0.124 e. The Morgan fingerprint density at radius 2 is 2.00 bits per heavy atom. The normalized spacial score (nSPS) is 18.0. The lowest BCUT2D eigenvalue weighted by atomic mass is 9.94. The minimum Gasteiger partial charge on any atom is -0.494 e. The fourth-order valence-corrected chi connectivity index (χ4v) is 3.61. The van der Waals surface area contributed by atoms with Crippen LogP contribution >= 0.6 is 11.6 Å². The predicted molar refractivity (Wildman–Crippen MR) is 90.4 cm³/mol. The van der Waals surface area contributed by atoms with Crippen LogP contribution in [0.1, 0.15) is 55.5 Å². The molecule has 2 nitrogen and oxygen atoms in total. The molecule has 3 heteroatoms. The molecule has 1 aliphatic carbocycles. The summed E-state index contributed by atoms with van der Waals surface area (Å²) in [6, 6.07) is 6.99. The molecule has 1 saturated carbocycles. The van der Waals surface area contributed by atoms with Gasteiger partial charge in [-0.2, -0.15) is 0 Å². The van der Waals surface area contributed by atoms with Gasteiger partial charge in [-0.3, -0.25) is 0 Å². The van der Waals surface area contributed by atoms with Crippen molar-refractivity contribution in [3.05, 3.63) is 29.3 Å². The van der Waals surface area contributed by atoms with Crippen LogP contribution < -0.4 is 4.74 Å². The fourth-order valence-electron chi connectivity index (χ4n) is 3.22. The van der Waals surface area contributed by atoms with Gasteiger partial charge in [-0.25, -0.2) is 0 Å². The second-order valence-electron chi connectivity index (χ2n) is 6.17. The molecule has 0 radical (unpaired) electrons. The standard InChI is InChI=1S/C18H28ClNO/c1-4-21-18-11-10-14(2)12-16(18)17(19)13-20(3)15-8-6-5-7-9-15/h10-12,15,17H,4-9,13H2,1-3H3. The van der Waals surface area contributed by atoms with Crippen LogP contribution in [0.25, 0.3) is 0 Å². The first-order chi connectivity index (χ1) is 10.1. The summed E-state index contributed by atoms with van der Waals surface area (Å²) in [6.07, 6.45) is 6.73. The van der Waals surface area contributed by atoms with Crippen LogP contribution in [-0.4, -0.2) is 31.1 Å². The van der Waals surface area contributed by atoms with Gasteiger partial charge in [0.2, 0.25) is 0 Å². The first-order valence-corrected chi connectivity index (χ1v) is 8.63. The third-order valence-corrected chi connectivity index (χ3v) is 4.82. The minimum absolute atomic E-state index is 0.0154. The summed E-state index contributed by atoms with van der Waals surface area (Å²) in [5, 5.41) is -0.0154. The highest BCUT2D eigenvalue weighted by molar-refractivity contribution is 6.21. The third-order valence-electron chi connectivity index (χ3n) is 4.45. The first-order valence-electron chi connectivity index (χ1n) is 8.19. The topological polar surface area (TPSA) is 12.5 Å². The fraction of sp³-hybridized carbons (Fsp3) is 0.667. The largest absolute Gasteiger partial charge is 0.494 e. The zero-order valence-corrected chi connectivity index (χ0v) is 14.3. The Labute approximate surface area is 134 Å². The highest BCUT2D eigenvalue weighted by Crippen LogP contribution is 2.32. The number of halogens is 1. The van der Waals surface area contributed by atoms with Gasteiger partial charge in [-0.1, -0.05) is 37.0 Å². The van der Waals surface area contributed by atoms with Gasteiger partial charge in [0.05, 0.1) is 12.0 Å². The van der Waals surface area contributed by atoms with Crippen LogP contribution in [0.5, 0.6) is 5.75 Å². The molecule has 0 amide bonds. The van der Waals surface area contributed by atoms with Crippen LogP contribution in [0.3, 0.4) is 0 Å². The molecule has 1 aromatic rings. The van der Waals surface area contributed by atoms with E-state index < -0.39 is 0 Å². The predicted octanol–water partition coefficient (Wildman–Crippen LogP) is 4.94. The highest BCUT2D eigenvalue weighted by Gasteiger charge is 2.22. The van der Waals surface area contributed by atoms with E-state index in [1.807, 2.05) is 13.0 Å². The van der Waals surface area contributed by atoms with Gasteiger partial charge in [0, 0.05) is 18.2 Å². The van der Waals surface area contributed by atoms with Gasteiger partial charge in [0.25, 0.3) is 0 Å².